The SMILES string of the molecule is c1cc(-c2cccc(-n3c4ccccc4c4cc(-c5ccc6oc7ccccc7c6c5)ccc43)c2)cc(-c2nc(-n3c4ccccc4c4cc(-c5ccc6oc7ccccc7c6c5)ccc43)nc3ccc(-n4c5ccccc5c5cc(-c6ccc7oc8ccccc8c7c6)ccc54)cc23)c1. The van der Waals surface area contributed by atoms with Crippen LogP contribution in [0, 0.1) is 0 Å². The average molecular weight is 1280 g/mol. The van der Waals surface area contributed by atoms with E-state index >= 15 is 0 Å². The quantitative estimate of drug-likeness (QED) is 0.151. The van der Waals surface area contributed by atoms with Crippen molar-refractivity contribution in [2.24, 2.45) is 0 Å². The maximum Gasteiger partial charge on any atom is 0.235 e. The van der Waals surface area contributed by atoms with Crippen molar-refractivity contribution >= 4 is 142 Å². The summed E-state index contributed by atoms with van der Waals surface area (Å²) < 4.78 is 25.8. The van der Waals surface area contributed by atoms with E-state index in [4.69, 9.17) is 23.2 Å². The van der Waals surface area contributed by atoms with E-state index in [1.807, 2.05) is 36.4 Å². The molecule has 0 spiro atoms. The predicted octanol–water partition coefficient (Wildman–Crippen LogP) is 25.0. The molecule has 8 heteroatoms. The Labute approximate surface area is 570 Å². The smallest absolute Gasteiger partial charge is 0.235 e. The van der Waals surface area contributed by atoms with Gasteiger partial charge in [-0.05, 0) is 190 Å². The zero-order valence-electron chi connectivity index (χ0n) is 53.6. The Balaban J connectivity index is 0.702. The van der Waals surface area contributed by atoms with Crippen molar-refractivity contribution in [3.63, 3.8) is 0 Å². The highest BCUT2D eigenvalue weighted by Gasteiger charge is 2.23. The third-order valence-electron chi connectivity index (χ3n) is 20.8. The number of fused-ring (bicyclic) bond motifs is 19. The molecule has 0 unspecified atom stereocenters. The molecule has 7 heterocycles. The molecule has 464 valence electrons. The van der Waals surface area contributed by atoms with Crippen LogP contribution in [0.2, 0.25) is 0 Å². The monoisotopic (exact) mass is 1280 g/mol. The Bertz CT molecular complexity index is 7250. The lowest BCUT2D eigenvalue weighted by Gasteiger charge is -2.15. The van der Waals surface area contributed by atoms with E-state index in [-0.39, 0.29) is 0 Å². The number of benzene rings is 15. The molecule has 0 radical (unpaired) electrons. The number of furan rings is 3. The van der Waals surface area contributed by atoms with Gasteiger partial charge in [-0.25, -0.2) is 9.97 Å². The lowest BCUT2D eigenvalue weighted by atomic mass is 9.99. The third-order valence-corrected chi connectivity index (χ3v) is 20.8. The van der Waals surface area contributed by atoms with Gasteiger partial charge in [-0.1, -0.05) is 176 Å². The molecule has 0 N–H and O–H groups in total. The lowest BCUT2D eigenvalue weighted by Crippen LogP contribution is -2.04. The first kappa shape index (κ1) is 54.7. The van der Waals surface area contributed by atoms with Crippen LogP contribution in [-0.4, -0.2) is 23.7 Å². The minimum absolute atomic E-state index is 0.587. The molecule has 22 rings (SSSR count). The van der Waals surface area contributed by atoms with Crippen LogP contribution >= 0.6 is 0 Å². The lowest BCUT2D eigenvalue weighted by molar-refractivity contribution is 0.668. The number of rotatable bonds is 8. The number of aromatic nitrogens is 5. The van der Waals surface area contributed by atoms with E-state index in [9.17, 15) is 0 Å². The van der Waals surface area contributed by atoms with Crippen LogP contribution in [-0.2, 0) is 0 Å². The predicted molar refractivity (Wildman–Crippen MR) is 412 cm³/mol. The summed E-state index contributed by atoms with van der Waals surface area (Å²) in [5.41, 5.74) is 25.5. The minimum atomic E-state index is 0.587. The molecule has 0 fully saturated rings. The molecule has 15 aromatic carbocycles. The maximum atomic E-state index is 6.27. The fourth-order valence-corrected chi connectivity index (χ4v) is 16.2. The summed E-state index contributed by atoms with van der Waals surface area (Å²) in [6, 6.07) is 116. The first-order chi connectivity index (χ1) is 49.5. The molecule has 8 nitrogen and oxygen atoms in total. The molecule has 0 aliphatic rings. The van der Waals surface area contributed by atoms with Gasteiger partial charge in [0.15, 0.2) is 0 Å². The highest BCUT2D eigenvalue weighted by atomic mass is 16.3. The van der Waals surface area contributed by atoms with E-state index in [2.05, 4.69) is 299 Å². The second-order valence-electron chi connectivity index (χ2n) is 26.4. The molecule has 22 aromatic rings. The first-order valence-corrected chi connectivity index (χ1v) is 33.9. The van der Waals surface area contributed by atoms with Gasteiger partial charge in [-0.3, -0.25) is 4.57 Å². The van der Waals surface area contributed by atoms with Crippen LogP contribution in [0.4, 0.5) is 0 Å². The van der Waals surface area contributed by atoms with Crippen molar-refractivity contribution in [3.8, 4) is 73.1 Å². The van der Waals surface area contributed by atoms with E-state index in [1.54, 1.807) is 0 Å². The fraction of sp³-hybridized carbons (Fsp3) is 0. The summed E-state index contributed by atoms with van der Waals surface area (Å²) in [6.45, 7) is 0. The molecule has 0 amide bonds. The zero-order chi connectivity index (χ0) is 65.3. The Morgan fingerprint density at radius 3 is 1.01 bits per heavy atom. The number of hydrogen-bond acceptors (Lipinski definition) is 5. The van der Waals surface area contributed by atoms with Crippen LogP contribution in [0.15, 0.2) is 335 Å². The van der Waals surface area contributed by atoms with Crippen molar-refractivity contribution in [3.05, 3.63) is 322 Å². The van der Waals surface area contributed by atoms with Gasteiger partial charge in [0.05, 0.1) is 44.3 Å². The summed E-state index contributed by atoms with van der Waals surface area (Å²) in [4.78, 5) is 11.4. The Morgan fingerprint density at radius 1 is 0.190 bits per heavy atom. The van der Waals surface area contributed by atoms with E-state index in [0.29, 0.717) is 5.95 Å². The van der Waals surface area contributed by atoms with Gasteiger partial charge >= 0.3 is 0 Å². The molecular formula is C92H53N5O3. The van der Waals surface area contributed by atoms with Gasteiger partial charge < -0.3 is 22.4 Å². The van der Waals surface area contributed by atoms with E-state index in [0.717, 1.165) is 188 Å². The topological polar surface area (TPSA) is 80.0 Å². The van der Waals surface area contributed by atoms with E-state index in [1.165, 1.54) is 21.5 Å². The Morgan fingerprint density at radius 2 is 0.530 bits per heavy atom. The minimum Gasteiger partial charge on any atom is -0.456 e. The summed E-state index contributed by atoms with van der Waals surface area (Å²) in [7, 11) is 0. The summed E-state index contributed by atoms with van der Waals surface area (Å²) in [5, 5.41) is 14.6. The molecular weight excluding hydrogens is 1220 g/mol. The van der Waals surface area contributed by atoms with Crippen molar-refractivity contribution in [2.45, 2.75) is 0 Å². The van der Waals surface area contributed by atoms with Gasteiger partial charge in [0, 0.05) is 87.0 Å². The van der Waals surface area contributed by atoms with Gasteiger partial charge in [-0.15, -0.1) is 0 Å². The molecule has 0 atom stereocenters. The number of nitrogens with zero attached hydrogens (tertiary/aromatic N) is 5. The first-order valence-electron chi connectivity index (χ1n) is 33.9. The summed E-state index contributed by atoms with van der Waals surface area (Å²) in [5.74, 6) is 0.587. The molecule has 100 heavy (non-hydrogen) atoms. The molecule has 0 aliphatic carbocycles. The highest BCUT2D eigenvalue weighted by Crippen LogP contribution is 2.44. The average Bonchev–Trinajstić information content (AvgIpc) is 1.65. The Hall–Kier alpha value is -13.6. The van der Waals surface area contributed by atoms with Crippen molar-refractivity contribution < 1.29 is 13.3 Å². The molecule has 7 aromatic heterocycles. The summed E-state index contributed by atoms with van der Waals surface area (Å²) in [6.07, 6.45) is 0. The zero-order valence-corrected chi connectivity index (χ0v) is 53.6. The number of hydrogen-bond donors (Lipinski definition) is 0. The number of para-hydroxylation sites is 6. The van der Waals surface area contributed by atoms with Gasteiger partial charge in [0.2, 0.25) is 5.95 Å². The van der Waals surface area contributed by atoms with Crippen molar-refractivity contribution in [1.82, 2.24) is 23.7 Å². The molecule has 0 bridgehead atoms. The van der Waals surface area contributed by atoms with E-state index < -0.39 is 0 Å². The van der Waals surface area contributed by atoms with Gasteiger partial charge in [-0.2, -0.15) is 0 Å². The standard InChI is InChI=1S/C92H53N5O3/c1-7-25-79-65(19-1)71-47-56(59-34-42-88-74(50-59)68-22-4-10-28-85(68)98-88)31-39-82(71)95(79)63-18-14-16-55(46-63)54-15-13-17-62(45-54)91-77-53-64(96-80-26-8-2-20-66(80)72-48-57(32-40-83(72)96)60-35-43-89-75(51-60)69-23-5-11-29-86(69)99-89)37-38-78(77)93-92(94-91)97-81-27-9-3-21-67(81)73-49-58(33-41-84(73)97)61-36-44-90-76(52-61)70-24-6-12-30-87(70)100-90/h1-53H. The largest absolute Gasteiger partial charge is 0.456 e. The second-order valence-corrected chi connectivity index (χ2v) is 26.4. The molecule has 0 saturated heterocycles. The normalized spacial score (nSPS) is 12.2. The fourth-order valence-electron chi connectivity index (χ4n) is 16.2. The second kappa shape index (κ2) is 21.0. The maximum absolute atomic E-state index is 6.27. The van der Waals surface area contributed by atoms with Crippen LogP contribution < -0.4 is 0 Å². The van der Waals surface area contributed by atoms with Crippen molar-refractivity contribution in [2.75, 3.05) is 0 Å². The van der Waals surface area contributed by atoms with Gasteiger partial charge in [0.1, 0.15) is 33.5 Å². The summed E-state index contributed by atoms with van der Waals surface area (Å²) >= 11 is 0. The Kier molecular flexibility index (Phi) is 11.5. The van der Waals surface area contributed by atoms with Crippen molar-refractivity contribution in [1.29, 1.82) is 0 Å². The molecule has 0 aliphatic heterocycles. The molecule has 0 saturated carbocycles. The van der Waals surface area contributed by atoms with Gasteiger partial charge in [0.25, 0.3) is 0 Å². The van der Waals surface area contributed by atoms with Crippen LogP contribution in [0.25, 0.3) is 215 Å². The highest BCUT2D eigenvalue weighted by molar-refractivity contribution is 6.15. The van der Waals surface area contributed by atoms with Crippen LogP contribution in [0.5, 0.6) is 0 Å². The van der Waals surface area contributed by atoms with Crippen LogP contribution in [0.3, 0.4) is 0 Å². The van der Waals surface area contributed by atoms with Crippen LogP contribution in [0.1, 0.15) is 0 Å². The third kappa shape index (κ3) is 8.22.